The van der Waals surface area contributed by atoms with E-state index in [0.717, 1.165) is 26.4 Å². The molecule has 1 heterocycles. The molecule has 106 valence electrons. The zero-order valence-corrected chi connectivity index (χ0v) is 13.6. The molecular formula is C16H12BrNO2S. The normalized spacial score (nSPS) is 15.5. The maximum atomic E-state index is 12.1. The van der Waals surface area contributed by atoms with Gasteiger partial charge in [-0.3, -0.25) is 4.79 Å². The van der Waals surface area contributed by atoms with E-state index in [0.29, 0.717) is 4.91 Å². The Morgan fingerprint density at radius 1 is 1.24 bits per heavy atom. The third-order valence-corrected chi connectivity index (χ3v) is 4.77. The molecule has 1 N–H and O–H groups in total. The van der Waals surface area contributed by atoms with Gasteiger partial charge in [0, 0.05) is 4.90 Å². The van der Waals surface area contributed by atoms with Gasteiger partial charge in [-0.05, 0) is 51.8 Å². The number of methoxy groups -OCH3 is 1. The maximum Gasteiger partial charge on any atom is 0.262 e. The van der Waals surface area contributed by atoms with Crippen molar-refractivity contribution in [1.29, 1.82) is 0 Å². The second kappa shape index (κ2) is 5.95. The van der Waals surface area contributed by atoms with Crippen LogP contribution in [0.25, 0.3) is 6.08 Å². The lowest BCUT2D eigenvalue weighted by atomic mass is 10.2. The summed E-state index contributed by atoms with van der Waals surface area (Å²) >= 11 is 4.93. The SMILES string of the molecule is COc1ccc(/C=C2/Sc3ccccc3NC2=O)cc1Br. The van der Waals surface area contributed by atoms with Gasteiger partial charge in [-0.2, -0.15) is 0 Å². The number of fused-ring (bicyclic) bond motifs is 1. The number of anilines is 1. The zero-order chi connectivity index (χ0) is 14.8. The van der Waals surface area contributed by atoms with Crippen LogP contribution in [0.3, 0.4) is 0 Å². The van der Waals surface area contributed by atoms with Crippen LogP contribution < -0.4 is 10.1 Å². The first kappa shape index (κ1) is 14.2. The summed E-state index contributed by atoms with van der Waals surface area (Å²) in [6, 6.07) is 13.5. The molecule has 0 spiro atoms. The molecule has 1 aliphatic rings. The molecule has 0 radical (unpaired) electrons. The van der Waals surface area contributed by atoms with Gasteiger partial charge in [-0.15, -0.1) is 0 Å². The summed E-state index contributed by atoms with van der Waals surface area (Å²) in [7, 11) is 1.62. The first-order chi connectivity index (χ1) is 10.2. The van der Waals surface area contributed by atoms with Crippen molar-refractivity contribution in [3.05, 3.63) is 57.4 Å². The van der Waals surface area contributed by atoms with Gasteiger partial charge in [0.2, 0.25) is 0 Å². The van der Waals surface area contributed by atoms with Crippen LogP contribution >= 0.6 is 27.7 Å². The van der Waals surface area contributed by atoms with E-state index in [1.165, 1.54) is 11.8 Å². The van der Waals surface area contributed by atoms with Crippen LogP contribution in [0.1, 0.15) is 5.56 Å². The van der Waals surface area contributed by atoms with Gasteiger partial charge in [0.05, 0.1) is 22.2 Å². The predicted octanol–water partition coefficient (Wildman–Crippen LogP) is 4.54. The van der Waals surface area contributed by atoms with Crippen LogP contribution in [0.4, 0.5) is 5.69 Å². The van der Waals surface area contributed by atoms with Gasteiger partial charge in [0.1, 0.15) is 5.75 Å². The van der Waals surface area contributed by atoms with E-state index in [2.05, 4.69) is 21.2 Å². The van der Waals surface area contributed by atoms with Crippen molar-refractivity contribution < 1.29 is 9.53 Å². The van der Waals surface area contributed by atoms with E-state index >= 15 is 0 Å². The van der Waals surface area contributed by atoms with Crippen molar-refractivity contribution in [2.24, 2.45) is 0 Å². The van der Waals surface area contributed by atoms with E-state index in [9.17, 15) is 4.79 Å². The number of hydrogen-bond acceptors (Lipinski definition) is 3. The molecule has 0 fully saturated rings. The van der Waals surface area contributed by atoms with E-state index in [1.54, 1.807) is 7.11 Å². The van der Waals surface area contributed by atoms with Crippen molar-refractivity contribution in [1.82, 2.24) is 0 Å². The molecule has 0 unspecified atom stereocenters. The molecule has 2 aromatic rings. The first-order valence-electron chi connectivity index (χ1n) is 6.31. The number of benzene rings is 2. The minimum atomic E-state index is -0.0781. The monoisotopic (exact) mass is 361 g/mol. The molecule has 0 bridgehead atoms. The van der Waals surface area contributed by atoms with Crippen LogP contribution in [-0.4, -0.2) is 13.0 Å². The largest absolute Gasteiger partial charge is 0.496 e. The lowest BCUT2D eigenvalue weighted by Gasteiger charge is -2.18. The summed E-state index contributed by atoms with van der Waals surface area (Å²) < 4.78 is 6.07. The summed E-state index contributed by atoms with van der Waals surface area (Å²) in [4.78, 5) is 13.9. The first-order valence-corrected chi connectivity index (χ1v) is 7.92. The lowest BCUT2D eigenvalue weighted by Crippen LogP contribution is -2.17. The Morgan fingerprint density at radius 3 is 2.81 bits per heavy atom. The van der Waals surface area contributed by atoms with Crippen LogP contribution in [0, 0.1) is 0 Å². The molecule has 0 saturated heterocycles. The Kier molecular flexibility index (Phi) is 4.03. The number of carbonyl (C=O) groups excluding carboxylic acids is 1. The van der Waals surface area contributed by atoms with E-state index in [1.807, 2.05) is 48.5 Å². The molecule has 3 nitrogen and oxygen atoms in total. The molecule has 0 aliphatic carbocycles. The summed E-state index contributed by atoms with van der Waals surface area (Å²) in [6.45, 7) is 0. The highest BCUT2D eigenvalue weighted by Gasteiger charge is 2.20. The summed E-state index contributed by atoms with van der Waals surface area (Å²) in [5.74, 6) is 0.689. The fraction of sp³-hybridized carbons (Fsp3) is 0.0625. The fourth-order valence-corrected chi connectivity index (χ4v) is 3.54. The molecular weight excluding hydrogens is 350 g/mol. The molecule has 21 heavy (non-hydrogen) atoms. The van der Waals surface area contributed by atoms with E-state index in [-0.39, 0.29) is 5.91 Å². The molecule has 0 aromatic heterocycles. The van der Waals surface area contributed by atoms with Crippen LogP contribution in [0.5, 0.6) is 5.75 Å². The molecule has 1 aliphatic heterocycles. The van der Waals surface area contributed by atoms with E-state index in [4.69, 9.17) is 4.74 Å². The Labute approximate surface area is 135 Å². The second-order valence-corrected chi connectivity index (χ2v) is 6.39. The number of hydrogen-bond donors (Lipinski definition) is 1. The molecule has 5 heteroatoms. The van der Waals surface area contributed by atoms with E-state index < -0.39 is 0 Å². The highest BCUT2D eigenvalue weighted by Crippen LogP contribution is 2.39. The number of rotatable bonds is 2. The number of para-hydroxylation sites is 1. The highest BCUT2D eigenvalue weighted by molar-refractivity contribution is 9.10. The Balaban J connectivity index is 1.93. The summed E-state index contributed by atoms with van der Waals surface area (Å²) in [5.41, 5.74) is 1.81. The third-order valence-electron chi connectivity index (χ3n) is 3.05. The van der Waals surface area contributed by atoms with Gasteiger partial charge >= 0.3 is 0 Å². The van der Waals surface area contributed by atoms with Gasteiger partial charge in [-0.1, -0.05) is 30.0 Å². The Bertz CT molecular complexity index is 743. The summed E-state index contributed by atoms with van der Waals surface area (Å²) in [5, 5.41) is 2.90. The van der Waals surface area contributed by atoms with Crippen molar-refractivity contribution >= 4 is 45.4 Å². The fourth-order valence-electron chi connectivity index (χ4n) is 2.03. The molecule has 2 aromatic carbocycles. The predicted molar refractivity (Wildman–Crippen MR) is 89.6 cm³/mol. The second-order valence-electron chi connectivity index (χ2n) is 4.45. The van der Waals surface area contributed by atoms with Crippen molar-refractivity contribution in [3.63, 3.8) is 0 Å². The minimum Gasteiger partial charge on any atom is -0.496 e. The Morgan fingerprint density at radius 2 is 2.05 bits per heavy atom. The molecule has 0 saturated carbocycles. The molecule has 3 rings (SSSR count). The number of nitrogens with one attached hydrogen (secondary N) is 1. The summed E-state index contributed by atoms with van der Waals surface area (Å²) in [6.07, 6.45) is 1.88. The minimum absolute atomic E-state index is 0.0781. The number of halogens is 1. The third kappa shape index (κ3) is 2.99. The number of amides is 1. The maximum absolute atomic E-state index is 12.1. The van der Waals surface area contributed by atoms with Crippen molar-refractivity contribution in [2.75, 3.05) is 12.4 Å². The lowest BCUT2D eigenvalue weighted by molar-refractivity contribution is -0.112. The van der Waals surface area contributed by atoms with Crippen LogP contribution in [0.2, 0.25) is 0 Å². The smallest absolute Gasteiger partial charge is 0.262 e. The number of ether oxygens (including phenoxy) is 1. The average Bonchev–Trinajstić information content (AvgIpc) is 2.48. The van der Waals surface area contributed by atoms with Gasteiger partial charge in [0.25, 0.3) is 5.91 Å². The highest BCUT2D eigenvalue weighted by atomic mass is 79.9. The van der Waals surface area contributed by atoms with Crippen molar-refractivity contribution in [2.45, 2.75) is 4.90 Å². The number of carbonyl (C=O) groups is 1. The van der Waals surface area contributed by atoms with Gasteiger partial charge in [-0.25, -0.2) is 0 Å². The molecule has 0 atom stereocenters. The quantitative estimate of drug-likeness (QED) is 0.797. The van der Waals surface area contributed by atoms with Crippen LogP contribution in [-0.2, 0) is 4.79 Å². The van der Waals surface area contributed by atoms with Crippen molar-refractivity contribution in [3.8, 4) is 5.75 Å². The number of thioether (sulfide) groups is 1. The standard InChI is InChI=1S/C16H12BrNO2S/c1-20-13-7-6-10(8-11(13)17)9-15-16(19)18-12-4-2-3-5-14(12)21-15/h2-9H,1H3,(H,18,19)/b15-9+. The molecule has 1 amide bonds. The van der Waals surface area contributed by atoms with Gasteiger partial charge < -0.3 is 10.1 Å². The van der Waals surface area contributed by atoms with Crippen LogP contribution in [0.15, 0.2) is 56.7 Å². The zero-order valence-electron chi connectivity index (χ0n) is 11.2. The topological polar surface area (TPSA) is 38.3 Å². The Hall–Kier alpha value is -1.72. The van der Waals surface area contributed by atoms with Gasteiger partial charge in [0.15, 0.2) is 0 Å². The average molecular weight is 362 g/mol.